The Morgan fingerprint density at radius 2 is 2.08 bits per heavy atom. The van der Waals surface area contributed by atoms with Gasteiger partial charge in [-0.3, -0.25) is 0 Å². The first-order valence-electron chi connectivity index (χ1n) is 3.18. The Kier molecular flexibility index (Phi) is 11.9. The van der Waals surface area contributed by atoms with Gasteiger partial charge in [0.15, 0.2) is 0 Å². The summed E-state index contributed by atoms with van der Waals surface area (Å²) in [5.74, 6) is -0.863. The molecule has 0 aromatic rings. The molecule has 0 aromatic heterocycles. The van der Waals surface area contributed by atoms with Gasteiger partial charge in [-0.05, 0) is 6.42 Å². The second-order valence-electron chi connectivity index (χ2n) is 1.75. The fraction of sp³-hybridized carbons (Fsp3) is 0.500. The lowest BCUT2D eigenvalue weighted by molar-refractivity contribution is -0.131. The van der Waals surface area contributed by atoms with Crippen molar-refractivity contribution in [1.29, 1.82) is 0 Å². The Bertz CT molecular complexity index is 161. The topological polar surface area (TPSA) is 97.7 Å². The van der Waals surface area contributed by atoms with Gasteiger partial charge in [0, 0.05) is 6.08 Å². The number of hydrogen-bond acceptors (Lipinski definition) is 3. The second-order valence-corrected chi connectivity index (χ2v) is 2.18. The lowest BCUT2D eigenvalue weighted by atomic mass is 10.3. The maximum Gasteiger partial charge on any atom is 0.327 e. The summed E-state index contributed by atoms with van der Waals surface area (Å²) in [5.41, 5.74) is 0. The van der Waals surface area contributed by atoms with E-state index in [1.165, 1.54) is 6.08 Å². The minimum atomic E-state index is -2.86. The molecule has 2 N–H and O–H groups in total. The van der Waals surface area contributed by atoms with Crippen LogP contribution in [0.1, 0.15) is 19.8 Å². The maximum absolute atomic E-state index is 9.79. The Labute approximate surface area is 73.2 Å². The number of carboxylic acids is 1. The van der Waals surface area contributed by atoms with Crippen LogP contribution in [0.5, 0.6) is 0 Å². The van der Waals surface area contributed by atoms with Crippen LogP contribution in [0.4, 0.5) is 0 Å². The molecule has 72 valence electrons. The lowest BCUT2D eigenvalue weighted by Crippen LogP contribution is -1.84. The van der Waals surface area contributed by atoms with Crippen LogP contribution >= 0.6 is 0 Å². The second kappa shape index (κ2) is 10.3. The highest BCUT2D eigenvalue weighted by atomic mass is 32.2. The van der Waals surface area contributed by atoms with Crippen LogP contribution in [-0.2, 0) is 16.2 Å². The molecule has 0 bridgehead atoms. The summed E-state index contributed by atoms with van der Waals surface area (Å²) in [5, 5.41) is 8.05. The zero-order chi connectivity index (χ0) is 9.98. The predicted molar refractivity (Wildman–Crippen MR) is 43.2 cm³/mol. The van der Waals surface area contributed by atoms with E-state index in [0.717, 1.165) is 12.8 Å². The van der Waals surface area contributed by atoms with Gasteiger partial charge in [-0.15, -0.1) is 0 Å². The summed E-state index contributed by atoms with van der Waals surface area (Å²) in [7, 11) is 0. The maximum atomic E-state index is 9.79. The third-order valence-corrected chi connectivity index (χ3v) is 0.716. The molecule has 0 heterocycles. The molecule has 0 rings (SSSR count). The molecule has 6 heteroatoms. The van der Waals surface area contributed by atoms with Crippen molar-refractivity contribution in [3.05, 3.63) is 12.2 Å². The van der Waals surface area contributed by atoms with Gasteiger partial charge < -0.3 is 14.2 Å². The highest BCUT2D eigenvalue weighted by Crippen LogP contribution is 1.86. The number of unbranched alkanes of at least 4 members (excludes halogenated alkanes) is 1. The van der Waals surface area contributed by atoms with Crippen molar-refractivity contribution < 1.29 is 23.2 Å². The molecule has 0 saturated heterocycles. The van der Waals surface area contributed by atoms with Gasteiger partial charge in [-0.2, -0.15) is 0 Å². The van der Waals surface area contributed by atoms with Crippen molar-refractivity contribution in [2.24, 2.45) is 0 Å². The molecular weight excluding hydrogens is 184 g/mol. The minimum absolute atomic E-state index is 0.853. The summed E-state index contributed by atoms with van der Waals surface area (Å²) in [4.78, 5) is 9.79. The summed E-state index contributed by atoms with van der Waals surface area (Å²) in [6, 6.07) is 0. The first-order chi connectivity index (χ1) is 5.50. The highest BCUT2D eigenvalue weighted by Gasteiger charge is 1.81. The first kappa shape index (κ1) is 13.8. The molecular formula is C6H11O5S-. The molecule has 1 unspecified atom stereocenters. The third kappa shape index (κ3) is 34.7. The van der Waals surface area contributed by atoms with Crippen LogP contribution in [0.3, 0.4) is 0 Å². The van der Waals surface area contributed by atoms with Gasteiger partial charge in [0.2, 0.25) is 0 Å². The van der Waals surface area contributed by atoms with Gasteiger partial charge in [0.25, 0.3) is 0 Å². The average Bonchev–Trinajstić information content (AvgIpc) is 1.86. The largest absolute Gasteiger partial charge is 0.750 e. The molecule has 0 aliphatic carbocycles. The van der Waals surface area contributed by atoms with Crippen LogP contribution in [0.15, 0.2) is 12.2 Å². The molecule has 0 saturated carbocycles. The van der Waals surface area contributed by atoms with Crippen LogP contribution in [0, 0.1) is 0 Å². The fourth-order valence-corrected chi connectivity index (χ4v) is 0.351. The Morgan fingerprint density at radius 3 is 2.33 bits per heavy atom. The first-order valence-corrected chi connectivity index (χ1v) is 4.21. The number of carboxylic acid groups (broad SMARTS) is 1. The molecule has 0 radical (unpaired) electrons. The number of hydrogen-bond donors (Lipinski definition) is 2. The van der Waals surface area contributed by atoms with E-state index in [2.05, 4.69) is 0 Å². The molecule has 0 aliphatic heterocycles. The van der Waals surface area contributed by atoms with Gasteiger partial charge in [0.1, 0.15) is 0 Å². The summed E-state index contributed by atoms with van der Waals surface area (Å²) in [6.45, 7) is 2.01. The van der Waals surface area contributed by atoms with E-state index >= 15 is 0 Å². The Balaban J connectivity index is 0. The van der Waals surface area contributed by atoms with Crippen molar-refractivity contribution >= 4 is 17.3 Å². The molecule has 12 heavy (non-hydrogen) atoms. The van der Waals surface area contributed by atoms with E-state index in [4.69, 9.17) is 18.4 Å². The van der Waals surface area contributed by atoms with Crippen LogP contribution in [0.2, 0.25) is 0 Å². The van der Waals surface area contributed by atoms with Crippen LogP contribution < -0.4 is 0 Å². The molecule has 0 fully saturated rings. The van der Waals surface area contributed by atoms with Gasteiger partial charge in [-0.25, -0.2) is 9.00 Å². The summed E-state index contributed by atoms with van der Waals surface area (Å²) in [6.07, 6.45) is 4.68. The van der Waals surface area contributed by atoms with Crippen LogP contribution in [-0.4, -0.2) is 24.4 Å². The van der Waals surface area contributed by atoms with Crippen molar-refractivity contribution in [1.82, 2.24) is 0 Å². The van der Waals surface area contributed by atoms with E-state index in [9.17, 15) is 4.79 Å². The smallest absolute Gasteiger partial charge is 0.327 e. The van der Waals surface area contributed by atoms with Crippen molar-refractivity contribution in [2.45, 2.75) is 19.8 Å². The van der Waals surface area contributed by atoms with Crippen LogP contribution in [0.25, 0.3) is 0 Å². The number of carbonyl (C=O) groups is 1. The Hall–Kier alpha value is -0.720. The summed E-state index contributed by atoms with van der Waals surface area (Å²) < 4.78 is 24.1. The Morgan fingerprint density at radius 1 is 1.67 bits per heavy atom. The molecule has 0 amide bonds. The molecule has 0 spiro atoms. The normalized spacial score (nSPS) is 11.9. The highest BCUT2D eigenvalue weighted by molar-refractivity contribution is 7.73. The van der Waals surface area contributed by atoms with Gasteiger partial charge in [-0.1, -0.05) is 19.4 Å². The predicted octanol–water partition coefficient (Wildman–Crippen LogP) is 0.766. The number of allylic oxidation sites excluding steroid dienone is 1. The van der Waals surface area contributed by atoms with E-state index in [0.29, 0.717) is 0 Å². The van der Waals surface area contributed by atoms with Crippen molar-refractivity contribution in [3.63, 3.8) is 0 Å². The zero-order valence-corrected chi connectivity index (χ0v) is 7.41. The molecule has 0 aromatic carbocycles. The quantitative estimate of drug-likeness (QED) is 0.512. The SMILES string of the molecule is CCCC=CC(=O)O.O=S([O-])O. The van der Waals surface area contributed by atoms with E-state index in [-0.39, 0.29) is 0 Å². The van der Waals surface area contributed by atoms with E-state index < -0.39 is 17.3 Å². The van der Waals surface area contributed by atoms with E-state index in [1.807, 2.05) is 6.92 Å². The molecule has 1 atom stereocenters. The zero-order valence-electron chi connectivity index (χ0n) is 6.60. The minimum Gasteiger partial charge on any atom is -0.750 e. The average molecular weight is 195 g/mol. The van der Waals surface area contributed by atoms with Gasteiger partial charge >= 0.3 is 5.97 Å². The molecule has 0 aliphatic rings. The third-order valence-electron chi connectivity index (χ3n) is 0.716. The summed E-state index contributed by atoms with van der Waals surface area (Å²) >= 11 is -2.86. The van der Waals surface area contributed by atoms with Gasteiger partial charge in [0.05, 0.1) is 11.4 Å². The number of aliphatic carboxylic acids is 1. The molecule has 5 nitrogen and oxygen atoms in total. The van der Waals surface area contributed by atoms with E-state index in [1.54, 1.807) is 6.08 Å². The number of rotatable bonds is 3. The van der Waals surface area contributed by atoms with Crippen molar-refractivity contribution in [3.8, 4) is 0 Å². The standard InChI is InChI=1S/C6H10O2.H2O3S/c1-2-3-4-5-6(7)8;1-4(2)3/h4-5H,2-3H2,1H3,(H,7,8);(H2,1,2,3)/p-1. The van der Waals surface area contributed by atoms with Crippen molar-refractivity contribution in [2.75, 3.05) is 0 Å². The fourth-order valence-electron chi connectivity index (χ4n) is 0.351. The monoisotopic (exact) mass is 195 g/mol. The lowest BCUT2D eigenvalue weighted by Gasteiger charge is -1.83.